The van der Waals surface area contributed by atoms with E-state index in [1.807, 2.05) is 25.1 Å². The number of nitrogens with one attached hydrogen (secondary N) is 1. The molecule has 1 amide bonds. The monoisotopic (exact) mass is 277 g/mol. The molecule has 0 aliphatic carbocycles. The van der Waals surface area contributed by atoms with Gasteiger partial charge in [-0.15, -0.1) is 0 Å². The SMILES string of the molecule is CCC(C)NC(=O)CC(C)c1ccc2c(c1)OCCO2. The van der Waals surface area contributed by atoms with Gasteiger partial charge in [0, 0.05) is 12.5 Å². The third-order valence-electron chi connectivity index (χ3n) is 3.65. The predicted molar refractivity (Wildman–Crippen MR) is 78.4 cm³/mol. The first-order chi connectivity index (χ1) is 9.60. The lowest BCUT2D eigenvalue weighted by molar-refractivity contribution is -0.122. The van der Waals surface area contributed by atoms with Gasteiger partial charge < -0.3 is 14.8 Å². The van der Waals surface area contributed by atoms with Crippen LogP contribution in [0.15, 0.2) is 18.2 Å². The number of carbonyl (C=O) groups excluding carboxylic acids is 1. The lowest BCUT2D eigenvalue weighted by atomic mass is 9.96. The van der Waals surface area contributed by atoms with E-state index in [1.54, 1.807) is 0 Å². The Balaban J connectivity index is 1.98. The van der Waals surface area contributed by atoms with Crippen LogP contribution in [0, 0.1) is 0 Å². The Morgan fingerprint density at radius 2 is 1.95 bits per heavy atom. The van der Waals surface area contributed by atoms with Gasteiger partial charge in [-0.25, -0.2) is 0 Å². The molecule has 0 saturated heterocycles. The summed E-state index contributed by atoms with van der Waals surface area (Å²) in [4.78, 5) is 11.9. The van der Waals surface area contributed by atoms with Crippen LogP contribution in [-0.2, 0) is 4.79 Å². The zero-order valence-electron chi connectivity index (χ0n) is 12.4. The molecule has 1 heterocycles. The largest absolute Gasteiger partial charge is 0.486 e. The smallest absolute Gasteiger partial charge is 0.220 e. The van der Waals surface area contributed by atoms with Gasteiger partial charge in [-0.1, -0.05) is 19.9 Å². The van der Waals surface area contributed by atoms with Gasteiger partial charge in [0.2, 0.25) is 5.91 Å². The number of hydrogen-bond donors (Lipinski definition) is 1. The van der Waals surface area contributed by atoms with Crippen molar-refractivity contribution in [3.8, 4) is 11.5 Å². The molecule has 0 spiro atoms. The van der Waals surface area contributed by atoms with Crippen LogP contribution in [0.1, 0.15) is 45.1 Å². The Morgan fingerprint density at radius 3 is 2.65 bits per heavy atom. The van der Waals surface area contributed by atoms with E-state index in [-0.39, 0.29) is 17.9 Å². The van der Waals surface area contributed by atoms with Gasteiger partial charge in [0.15, 0.2) is 11.5 Å². The predicted octanol–water partition coefficient (Wildman–Crippen LogP) is 2.87. The molecule has 2 rings (SSSR count). The Bertz CT molecular complexity index is 473. The third-order valence-corrected chi connectivity index (χ3v) is 3.65. The van der Waals surface area contributed by atoms with Crippen molar-refractivity contribution in [2.75, 3.05) is 13.2 Å². The highest BCUT2D eigenvalue weighted by Crippen LogP contribution is 2.33. The van der Waals surface area contributed by atoms with E-state index in [4.69, 9.17) is 9.47 Å². The van der Waals surface area contributed by atoms with Crippen LogP contribution in [0.4, 0.5) is 0 Å². The molecule has 1 aromatic carbocycles. The van der Waals surface area contributed by atoms with Gasteiger partial charge >= 0.3 is 0 Å². The Hall–Kier alpha value is -1.71. The van der Waals surface area contributed by atoms with E-state index in [2.05, 4.69) is 19.2 Å². The molecule has 2 unspecified atom stereocenters. The number of rotatable bonds is 5. The summed E-state index contributed by atoms with van der Waals surface area (Å²) in [6.45, 7) is 7.32. The first-order valence-electron chi connectivity index (χ1n) is 7.29. The average molecular weight is 277 g/mol. The van der Waals surface area contributed by atoms with Crippen molar-refractivity contribution < 1.29 is 14.3 Å². The number of amides is 1. The minimum Gasteiger partial charge on any atom is -0.486 e. The Kier molecular flexibility index (Phi) is 4.88. The topological polar surface area (TPSA) is 47.6 Å². The second kappa shape index (κ2) is 6.64. The Labute approximate surface area is 120 Å². The highest BCUT2D eigenvalue weighted by atomic mass is 16.6. The number of carbonyl (C=O) groups is 1. The zero-order valence-corrected chi connectivity index (χ0v) is 12.4. The standard InChI is InChI=1S/C16H23NO3/c1-4-12(3)17-16(18)9-11(2)13-5-6-14-15(10-13)20-8-7-19-14/h5-6,10-12H,4,7-9H2,1-3H3,(H,17,18). The molecule has 0 fully saturated rings. The maximum atomic E-state index is 11.9. The number of benzene rings is 1. The summed E-state index contributed by atoms with van der Waals surface area (Å²) in [7, 11) is 0. The fraction of sp³-hybridized carbons (Fsp3) is 0.562. The van der Waals surface area contributed by atoms with Crippen LogP contribution >= 0.6 is 0 Å². The van der Waals surface area contributed by atoms with Crippen molar-refractivity contribution in [1.29, 1.82) is 0 Å². The van der Waals surface area contributed by atoms with Crippen LogP contribution < -0.4 is 14.8 Å². The quantitative estimate of drug-likeness (QED) is 0.900. The molecular weight excluding hydrogens is 254 g/mol. The van der Waals surface area contributed by atoms with E-state index in [0.29, 0.717) is 19.6 Å². The van der Waals surface area contributed by atoms with Crippen molar-refractivity contribution in [3.63, 3.8) is 0 Å². The molecule has 0 bridgehead atoms. The Morgan fingerprint density at radius 1 is 1.25 bits per heavy atom. The second-order valence-corrected chi connectivity index (χ2v) is 5.39. The summed E-state index contributed by atoms with van der Waals surface area (Å²) < 4.78 is 11.1. The van der Waals surface area contributed by atoms with Gasteiger partial charge in [-0.05, 0) is 37.0 Å². The van der Waals surface area contributed by atoms with Crippen molar-refractivity contribution in [2.45, 2.75) is 45.6 Å². The van der Waals surface area contributed by atoms with Gasteiger partial charge in [-0.2, -0.15) is 0 Å². The van der Waals surface area contributed by atoms with Crippen LogP contribution in [0.2, 0.25) is 0 Å². The maximum Gasteiger partial charge on any atom is 0.220 e. The second-order valence-electron chi connectivity index (χ2n) is 5.39. The fourth-order valence-electron chi connectivity index (χ4n) is 2.20. The molecule has 0 radical (unpaired) electrons. The molecule has 1 N–H and O–H groups in total. The lowest BCUT2D eigenvalue weighted by Gasteiger charge is -2.21. The first kappa shape index (κ1) is 14.7. The van der Waals surface area contributed by atoms with E-state index in [0.717, 1.165) is 23.5 Å². The lowest BCUT2D eigenvalue weighted by Crippen LogP contribution is -2.32. The highest BCUT2D eigenvalue weighted by molar-refractivity contribution is 5.77. The van der Waals surface area contributed by atoms with E-state index >= 15 is 0 Å². The average Bonchev–Trinajstić information content (AvgIpc) is 2.46. The molecule has 1 aliphatic rings. The molecule has 4 nitrogen and oxygen atoms in total. The molecule has 20 heavy (non-hydrogen) atoms. The summed E-state index contributed by atoms with van der Waals surface area (Å²) in [6.07, 6.45) is 1.44. The maximum absolute atomic E-state index is 11.9. The number of ether oxygens (including phenoxy) is 2. The van der Waals surface area contributed by atoms with Crippen LogP contribution in [0.5, 0.6) is 11.5 Å². The van der Waals surface area contributed by atoms with E-state index < -0.39 is 0 Å². The summed E-state index contributed by atoms with van der Waals surface area (Å²) >= 11 is 0. The molecule has 4 heteroatoms. The number of hydrogen-bond acceptors (Lipinski definition) is 3. The highest BCUT2D eigenvalue weighted by Gasteiger charge is 2.17. The number of fused-ring (bicyclic) bond motifs is 1. The van der Waals surface area contributed by atoms with Crippen LogP contribution in [0.25, 0.3) is 0 Å². The summed E-state index contributed by atoms with van der Waals surface area (Å²) in [5.41, 5.74) is 1.11. The molecule has 0 aromatic heterocycles. The third kappa shape index (κ3) is 3.65. The molecular formula is C16H23NO3. The molecule has 110 valence electrons. The van der Waals surface area contributed by atoms with Crippen molar-refractivity contribution in [3.05, 3.63) is 23.8 Å². The molecule has 1 aromatic rings. The first-order valence-corrected chi connectivity index (χ1v) is 7.29. The minimum atomic E-state index is 0.0988. The van der Waals surface area contributed by atoms with Gasteiger partial charge in [0.25, 0.3) is 0 Å². The summed E-state index contributed by atoms with van der Waals surface area (Å²) in [5.74, 6) is 1.83. The molecule has 1 aliphatic heterocycles. The molecule has 0 saturated carbocycles. The van der Waals surface area contributed by atoms with Crippen molar-refractivity contribution in [2.24, 2.45) is 0 Å². The van der Waals surface area contributed by atoms with Gasteiger partial charge in [0.1, 0.15) is 13.2 Å². The zero-order chi connectivity index (χ0) is 14.5. The molecule has 2 atom stereocenters. The minimum absolute atomic E-state index is 0.0988. The van der Waals surface area contributed by atoms with Crippen LogP contribution in [-0.4, -0.2) is 25.2 Å². The van der Waals surface area contributed by atoms with Gasteiger partial charge in [0.05, 0.1) is 0 Å². The van der Waals surface area contributed by atoms with Crippen LogP contribution in [0.3, 0.4) is 0 Å². The van der Waals surface area contributed by atoms with Crippen molar-refractivity contribution >= 4 is 5.91 Å². The normalized spacial score (nSPS) is 16.4. The fourth-order valence-corrected chi connectivity index (χ4v) is 2.20. The summed E-state index contributed by atoms with van der Waals surface area (Å²) in [5, 5.41) is 3.00. The van der Waals surface area contributed by atoms with Gasteiger partial charge in [-0.3, -0.25) is 4.79 Å². The van der Waals surface area contributed by atoms with Crippen molar-refractivity contribution in [1.82, 2.24) is 5.32 Å². The summed E-state index contributed by atoms with van der Waals surface area (Å²) in [6, 6.07) is 6.15. The van der Waals surface area contributed by atoms with E-state index in [9.17, 15) is 4.79 Å². The van der Waals surface area contributed by atoms with E-state index in [1.165, 1.54) is 0 Å².